The van der Waals surface area contributed by atoms with Gasteiger partial charge in [-0.15, -0.1) is 0 Å². The van der Waals surface area contributed by atoms with Gasteiger partial charge in [-0.1, -0.05) is 25.5 Å². The molecule has 0 aromatic rings. The second-order valence-corrected chi connectivity index (χ2v) is 6.73. The Morgan fingerprint density at radius 1 is 1.44 bits per heavy atom. The maximum absolute atomic E-state index is 10.2. The SMILES string of the molecule is C[C@@H]1CCCC2=CC[C@@H](C(C)(C)O)C[C@]21C. The molecule has 0 aromatic carbocycles. The van der Waals surface area contributed by atoms with Gasteiger partial charge in [0.1, 0.15) is 0 Å². The smallest absolute Gasteiger partial charge is 0.0623 e. The minimum absolute atomic E-state index is 0.362. The van der Waals surface area contributed by atoms with E-state index in [4.69, 9.17) is 0 Å². The quantitative estimate of drug-likeness (QED) is 0.667. The lowest BCUT2D eigenvalue weighted by Crippen LogP contribution is -2.42. The summed E-state index contributed by atoms with van der Waals surface area (Å²) in [7, 11) is 0. The van der Waals surface area contributed by atoms with Gasteiger partial charge in [0, 0.05) is 0 Å². The third-order valence-corrected chi connectivity index (χ3v) is 5.22. The number of rotatable bonds is 1. The monoisotopic (exact) mass is 222 g/mol. The molecule has 0 aromatic heterocycles. The summed E-state index contributed by atoms with van der Waals surface area (Å²) in [5, 5.41) is 10.2. The van der Waals surface area contributed by atoms with Crippen molar-refractivity contribution in [2.24, 2.45) is 17.3 Å². The van der Waals surface area contributed by atoms with Crippen molar-refractivity contribution in [3.63, 3.8) is 0 Å². The molecule has 1 nitrogen and oxygen atoms in total. The molecule has 16 heavy (non-hydrogen) atoms. The lowest BCUT2D eigenvalue weighted by molar-refractivity contribution is -0.0154. The standard InChI is InChI=1S/C15H26O/c1-11-6-5-7-12-8-9-13(14(2,3)16)10-15(11,12)4/h8,11,13,16H,5-7,9-10H2,1-4H3/t11-,13-,15+/m1/s1. The van der Waals surface area contributed by atoms with Crippen LogP contribution in [0.5, 0.6) is 0 Å². The first-order valence-corrected chi connectivity index (χ1v) is 6.76. The molecule has 1 fully saturated rings. The molecule has 92 valence electrons. The van der Waals surface area contributed by atoms with Crippen LogP contribution in [0.4, 0.5) is 0 Å². The topological polar surface area (TPSA) is 20.2 Å². The zero-order chi connectivity index (χ0) is 12.0. The van der Waals surface area contributed by atoms with E-state index in [1.807, 2.05) is 13.8 Å². The molecule has 0 saturated heterocycles. The molecule has 1 heteroatoms. The molecule has 3 atom stereocenters. The highest BCUT2D eigenvalue weighted by atomic mass is 16.3. The fourth-order valence-corrected chi connectivity index (χ4v) is 3.60. The van der Waals surface area contributed by atoms with Crippen LogP contribution in [-0.2, 0) is 0 Å². The molecule has 1 saturated carbocycles. The Bertz CT molecular complexity index is 297. The van der Waals surface area contributed by atoms with Crippen LogP contribution in [0.3, 0.4) is 0 Å². The summed E-state index contributed by atoms with van der Waals surface area (Å²) in [5.41, 5.74) is 1.51. The van der Waals surface area contributed by atoms with Crippen LogP contribution in [0.2, 0.25) is 0 Å². The first-order chi connectivity index (χ1) is 7.34. The van der Waals surface area contributed by atoms with Crippen LogP contribution in [0, 0.1) is 17.3 Å². The van der Waals surface area contributed by atoms with Crippen molar-refractivity contribution in [3.05, 3.63) is 11.6 Å². The minimum Gasteiger partial charge on any atom is -0.390 e. The van der Waals surface area contributed by atoms with E-state index in [1.165, 1.54) is 25.7 Å². The number of allylic oxidation sites excluding steroid dienone is 2. The lowest BCUT2D eigenvalue weighted by atomic mass is 9.57. The van der Waals surface area contributed by atoms with Gasteiger partial charge in [0.25, 0.3) is 0 Å². The predicted molar refractivity (Wildman–Crippen MR) is 68.2 cm³/mol. The van der Waals surface area contributed by atoms with E-state index in [0.717, 1.165) is 12.3 Å². The van der Waals surface area contributed by atoms with Crippen LogP contribution in [-0.4, -0.2) is 10.7 Å². The Balaban J connectivity index is 2.25. The fraction of sp³-hybridized carbons (Fsp3) is 0.867. The normalized spacial score (nSPS) is 40.2. The number of aliphatic hydroxyl groups is 1. The molecule has 2 aliphatic carbocycles. The average molecular weight is 222 g/mol. The largest absolute Gasteiger partial charge is 0.390 e. The van der Waals surface area contributed by atoms with Crippen LogP contribution in [0.25, 0.3) is 0 Å². The Morgan fingerprint density at radius 2 is 2.12 bits per heavy atom. The first-order valence-electron chi connectivity index (χ1n) is 6.76. The van der Waals surface area contributed by atoms with Crippen LogP contribution in [0.15, 0.2) is 11.6 Å². The maximum Gasteiger partial charge on any atom is 0.0623 e. The van der Waals surface area contributed by atoms with Crippen LogP contribution in [0.1, 0.15) is 59.8 Å². The summed E-state index contributed by atoms with van der Waals surface area (Å²) < 4.78 is 0. The maximum atomic E-state index is 10.2. The second-order valence-electron chi connectivity index (χ2n) is 6.73. The molecular weight excluding hydrogens is 196 g/mol. The second kappa shape index (κ2) is 3.87. The van der Waals surface area contributed by atoms with Gasteiger partial charge in [0.05, 0.1) is 5.60 Å². The molecule has 0 spiro atoms. The van der Waals surface area contributed by atoms with Gasteiger partial charge < -0.3 is 5.11 Å². The number of hydrogen-bond acceptors (Lipinski definition) is 1. The molecular formula is C15H26O. The van der Waals surface area contributed by atoms with E-state index in [0.29, 0.717) is 11.3 Å². The Kier molecular flexibility index (Phi) is 2.94. The molecule has 0 heterocycles. The summed E-state index contributed by atoms with van der Waals surface area (Å²) in [4.78, 5) is 0. The van der Waals surface area contributed by atoms with E-state index in [2.05, 4.69) is 19.9 Å². The summed E-state index contributed by atoms with van der Waals surface area (Å²) >= 11 is 0. The third-order valence-electron chi connectivity index (χ3n) is 5.22. The number of fused-ring (bicyclic) bond motifs is 1. The van der Waals surface area contributed by atoms with Crippen molar-refractivity contribution in [1.82, 2.24) is 0 Å². The van der Waals surface area contributed by atoms with Gasteiger partial charge in [-0.3, -0.25) is 0 Å². The molecule has 1 N–H and O–H groups in total. The van der Waals surface area contributed by atoms with Crippen LogP contribution >= 0.6 is 0 Å². The van der Waals surface area contributed by atoms with Gasteiger partial charge >= 0.3 is 0 Å². The van der Waals surface area contributed by atoms with E-state index in [1.54, 1.807) is 5.57 Å². The van der Waals surface area contributed by atoms with Crippen molar-refractivity contribution >= 4 is 0 Å². The highest BCUT2D eigenvalue weighted by Gasteiger charge is 2.44. The van der Waals surface area contributed by atoms with Gasteiger partial charge in [0.2, 0.25) is 0 Å². The highest BCUT2D eigenvalue weighted by molar-refractivity contribution is 5.21. The van der Waals surface area contributed by atoms with E-state index >= 15 is 0 Å². The number of hydrogen-bond donors (Lipinski definition) is 1. The summed E-state index contributed by atoms with van der Waals surface area (Å²) in [6.45, 7) is 8.74. The Labute approximate surface area is 99.9 Å². The van der Waals surface area contributed by atoms with Crippen LogP contribution < -0.4 is 0 Å². The molecule has 0 radical (unpaired) electrons. The van der Waals surface area contributed by atoms with E-state index < -0.39 is 5.60 Å². The van der Waals surface area contributed by atoms with Crippen molar-refractivity contribution in [2.75, 3.05) is 0 Å². The Hall–Kier alpha value is -0.300. The predicted octanol–water partition coefficient (Wildman–Crippen LogP) is 3.92. The van der Waals surface area contributed by atoms with Crippen molar-refractivity contribution in [3.8, 4) is 0 Å². The van der Waals surface area contributed by atoms with Crippen molar-refractivity contribution in [2.45, 2.75) is 65.4 Å². The van der Waals surface area contributed by atoms with E-state index in [9.17, 15) is 5.11 Å². The fourth-order valence-electron chi connectivity index (χ4n) is 3.60. The van der Waals surface area contributed by atoms with E-state index in [-0.39, 0.29) is 0 Å². The average Bonchev–Trinajstić information content (AvgIpc) is 2.17. The molecule has 0 amide bonds. The van der Waals surface area contributed by atoms with Gasteiger partial charge in [0.15, 0.2) is 0 Å². The van der Waals surface area contributed by atoms with Gasteiger partial charge in [-0.25, -0.2) is 0 Å². The van der Waals surface area contributed by atoms with Crippen molar-refractivity contribution in [1.29, 1.82) is 0 Å². The molecule has 2 aliphatic rings. The van der Waals surface area contributed by atoms with Gasteiger partial charge in [-0.2, -0.15) is 0 Å². The van der Waals surface area contributed by atoms with Crippen molar-refractivity contribution < 1.29 is 5.11 Å². The summed E-state index contributed by atoms with van der Waals surface area (Å²) in [6.07, 6.45) is 8.67. The highest BCUT2D eigenvalue weighted by Crippen LogP contribution is 2.53. The van der Waals surface area contributed by atoms with Gasteiger partial charge in [-0.05, 0) is 63.2 Å². The molecule has 0 bridgehead atoms. The first kappa shape index (κ1) is 12.2. The molecule has 0 aliphatic heterocycles. The zero-order valence-electron chi connectivity index (χ0n) is 11.2. The molecule has 2 rings (SSSR count). The lowest BCUT2D eigenvalue weighted by Gasteiger charge is -2.49. The summed E-state index contributed by atoms with van der Waals surface area (Å²) in [6, 6.07) is 0. The third kappa shape index (κ3) is 1.95. The Morgan fingerprint density at radius 3 is 2.75 bits per heavy atom. The molecule has 0 unspecified atom stereocenters. The minimum atomic E-state index is -0.526. The zero-order valence-corrected chi connectivity index (χ0v) is 11.2. The summed E-state index contributed by atoms with van der Waals surface area (Å²) in [5.74, 6) is 1.21.